The molecule has 0 amide bonds. The van der Waals surface area contributed by atoms with Gasteiger partial charge in [0.05, 0.1) is 16.1 Å². The number of hydrogen-bond donors (Lipinski definition) is 1. The molecule has 5 heteroatoms. The van der Waals surface area contributed by atoms with E-state index < -0.39 is 10.0 Å². The zero-order valence-corrected chi connectivity index (χ0v) is 12.3. The van der Waals surface area contributed by atoms with Crippen molar-refractivity contribution in [3.63, 3.8) is 0 Å². The lowest BCUT2D eigenvalue weighted by atomic mass is 10.1. The average molecular weight is 308 g/mol. The Balaban J connectivity index is 2.03. The summed E-state index contributed by atoms with van der Waals surface area (Å²) in [7, 11) is -3.74. The number of para-hydroxylation sites is 1. The number of nitrogens with zero attached hydrogens (tertiary/aromatic N) is 1. The Morgan fingerprint density at radius 2 is 1.55 bits per heavy atom. The second-order valence-electron chi connectivity index (χ2n) is 4.77. The van der Waals surface area contributed by atoms with E-state index in [9.17, 15) is 8.42 Å². The Hall–Kier alpha value is -2.84. The van der Waals surface area contributed by atoms with E-state index >= 15 is 0 Å². The van der Waals surface area contributed by atoms with E-state index in [0.717, 1.165) is 10.8 Å². The van der Waals surface area contributed by atoms with Crippen LogP contribution in [0.5, 0.6) is 0 Å². The van der Waals surface area contributed by atoms with E-state index in [-0.39, 0.29) is 16.1 Å². The molecular weight excluding hydrogens is 296 g/mol. The van der Waals surface area contributed by atoms with Gasteiger partial charge in [-0.3, -0.25) is 4.72 Å². The molecule has 0 heterocycles. The third kappa shape index (κ3) is 2.65. The van der Waals surface area contributed by atoms with Gasteiger partial charge in [0.25, 0.3) is 10.0 Å². The van der Waals surface area contributed by atoms with Gasteiger partial charge in [0, 0.05) is 0 Å². The van der Waals surface area contributed by atoms with Crippen molar-refractivity contribution < 1.29 is 8.42 Å². The van der Waals surface area contributed by atoms with Gasteiger partial charge in [0.1, 0.15) is 6.07 Å². The molecule has 0 bridgehead atoms. The number of rotatable bonds is 3. The highest BCUT2D eigenvalue weighted by Crippen LogP contribution is 2.22. The standard InChI is InChI=1S/C17H12N2O2S/c18-12-15-7-3-4-8-17(15)19-22(20,21)16-10-9-13-5-1-2-6-14(13)11-16/h1-11,19H. The molecule has 0 saturated heterocycles. The molecule has 0 atom stereocenters. The molecular formula is C17H12N2O2S. The predicted octanol–water partition coefficient (Wildman–Crippen LogP) is 3.51. The summed E-state index contributed by atoms with van der Waals surface area (Å²) >= 11 is 0. The molecule has 0 aliphatic heterocycles. The summed E-state index contributed by atoms with van der Waals surface area (Å²) < 4.78 is 27.5. The maximum atomic E-state index is 12.5. The summed E-state index contributed by atoms with van der Waals surface area (Å²) in [6.07, 6.45) is 0. The quantitative estimate of drug-likeness (QED) is 0.805. The summed E-state index contributed by atoms with van der Waals surface area (Å²) in [5, 5.41) is 10.9. The van der Waals surface area contributed by atoms with Crippen LogP contribution in [0.15, 0.2) is 71.6 Å². The third-order valence-corrected chi connectivity index (χ3v) is 4.69. The Kier molecular flexibility index (Phi) is 3.53. The summed E-state index contributed by atoms with van der Waals surface area (Å²) in [6.45, 7) is 0. The maximum Gasteiger partial charge on any atom is 0.261 e. The minimum Gasteiger partial charge on any atom is -0.278 e. The number of nitriles is 1. The van der Waals surface area contributed by atoms with Gasteiger partial charge in [-0.05, 0) is 35.0 Å². The lowest BCUT2D eigenvalue weighted by Crippen LogP contribution is -2.13. The lowest BCUT2D eigenvalue weighted by Gasteiger charge is -2.10. The van der Waals surface area contributed by atoms with E-state index in [1.54, 1.807) is 42.5 Å². The largest absolute Gasteiger partial charge is 0.278 e. The van der Waals surface area contributed by atoms with Crippen molar-refractivity contribution in [1.29, 1.82) is 5.26 Å². The van der Waals surface area contributed by atoms with Crippen molar-refractivity contribution >= 4 is 26.5 Å². The summed E-state index contributed by atoms with van der Waals surface area (Å²) in [6, 6.07) is 20.9. The highest BCUT2D eigenvalue weighted by atomic mass is 32.2. The first-order valence-corrected chi connectivity index (χ1v) is 8.09. The first kappa shape index (κ1) is 14.1. The van der Waals surface area contributed by atoms with Crippen LogP contribution in [0.25, 0.3) is 10.8 Å². The Morgan fingerprint density at radius 3 is 2.32 bits per heavy atom. The number of fused-ring (bicyclic) bond motifs is 1. The number of benzene rings is 3. The van der Waals surface area contributed by atoms with Gasteiger partial charge in [-0.15, -0.1) is 0 Å². The van der Waals surface area contributed by atoms with Crippen LogP contribution in [-0.4, -0.2) is 8.42 Å². The molecule has 0 spiro atoms. The van der Waals surface area contributed by atoms with Gasteiger partial charge < -0.3 is 0 Å². The molecule has 0 aromatic heterocycles. The molecule has 0 unspecified atom stereocenters. The number of anilines is 1. The van der Waals surface area contributed by atoms with Crippen molar-refractivity contribution in [3.8, 4) is 6.07 Å². The van der Waals surface area contributed by atoms with Gasteiger partial charge in [-0.25, -0.2) is 8.42 Å². The molecule has 3 aromatic rings. The van der Waals surface area contributed by atoms with E-state index in [4.69, 9.17) is 5.26 Å². The van der Waals surface area contributed by atoms with E-state index in [0.29, 0.717) is 0 Å². The van der Waals surface area contributed by atoms with Crippen LogP contribution in [0.1, 0.15) is 5.56 Å². The first-order valence-electron chi connectivity index (χ1n) is 6.61. The van der Waals surface area contributed by atoms with Gasteiger partial charge in [-0.2, -0.15) is 5.26 Å². The lowest BCUT2D eigenvalue weighted by molar-refractivity contribution is 0.601. The van der Waals surface area contributed by atoms with Crippen LogP contribution < -0.4 is 4.72 Å². The van der Waals surface area contributed by atoms with Crippen LogP contribution in [0, 0.1) is 11.3 Å². The second-order valence-corrected chi connectivity index (χ2v) is 6.45. The fraction of sp³-hybridized carbons (Fsp3) is 0. The average Bonchev–Trinajstić information content (AvgIpc) is 2.54. The van der Waals surface area contributed by atoms with E-state index in [1.165, 1.54) is 0 Å². The summed E-state index contributed by atoms with van der Waals surface area (Å²) in [5.41, 5.74) is 0.560. The second kappa shape index (κ2) is 5.51. The highest BCUT2D eigenvalue weighted by Gasteiger charge is 2.16. The smallest absolute Gasteiger partial charge is 0.261 e. The minimum absolute atomic E-state index is 0.166. The first-order chi connectivity index (χ1) is 10.6. The third-order valence-electron chi connectivity index (χ3n) is 3.32. The highest BCUT2D eigenvalue weighted by molar-refractivity contribution is 7.92. The Morgan fingerprint density at radius 1 is 0.864 bits per heavy atom. The minimum atomic E-state index is -3.74. The fourth-order valence-corrected chi connectivity index (χ4v) is 3.32. The van der Waals surface area contributed by atoms with Crippen molar-refractivity contribution in [2.45, 2.75) is 4.90 Å². The molecule has 3 aromatic carbocycles. The van der Waals surface area contributed by atoms with Crippen LogP contribution in [-0.2, 0) is 10.0 Å². The van der Waals surface area contributed by atoms with Crippen LogP contribution >= 0.6 is 0 Å². The topological polar surface area (TPSA) is 70.0 Å². The summed E-state index contributed by atoms with van der Waals surface area (Å²) in [5.74, 6) is 0. The predicted molar refractivity (Wildman–Crippen MR) is 85.9 cm³/mol. The van der Waals surface area contributed by atoms with Crippen molar-refractivity contribution in [2.75, 3.05) is 4.72 Å². The van der Waals surface area contributed by atoms with E-state index in [2.05, 4.69) is 4.72 Å². The fourth-order valence-electron chi connectivity index (χ4n) is 2.21. The Bertz CT molecular complexity index is 989. The molecule has 1 N–H and O–H groups in total. The van der Waals surface area contributed by atoms with E-state index in [1.807, 2.05) is 30.3 Å². The van der Waals surface area contributed by atoms with Crippen molar-refractivity contribution in [2.24, 2.45) is 0 Å². The van der Waals surface area contributed by atoms with Gasteiger partial charge >= 0.3 is 0 Å². The molecule has 4 nitrogen and oxygen atoms in total. The zero-order chi connectivity index (χ0) is 15.6. The Labute approximate surface area is 128 Å². The normalized spacial score (nSPS) is 11.0. The van der Waals surface area contributed by atoms with Crippen LogP contribution in [0.4, 0.5) is 5.69 Å². The molecule has 22 heavy (non-hydrogen) atoms. The van der Waals surface area contributed by atoms with Crippen LogP contribution in [0.3, 0.4) is 0 Å². The van der Waals surface area contributed by atoms with Gasteiger partial charge in [0.2, 0.25) is 0 Å². The van der Waals surface area contributed by atoms with Crippen LogP contribution in [0.2, 0.25) is 0 Å². The molecule has 0 aliphatic rings. The number of sulfonamides is 1. The molecule has 0 saturated carbocycles. The molecule has 108 valence electrons. The summed E-state index contributed by atoms with van der Waals surface area (Å²) in [4.78, 5) is 0.166. The van der Waals surface area contributed by atoms with Gasteiger partial charge in [-0.1, -0.05) is 42.5 Å². The van der Waals surface area contributed by atoms with Crippen molar-refractivity contribution in [1.82, 2.24) is 0 Å². The van der Waals surface area contributed by atoms with Gasteiger partial charge in [0.15, 0.2) is 0 Å². The molecule has 0 radical (unpaired) electrons. The molecule has 3 rings (SSSR count). The number of hydrogen-bond acceptors (Lipinski definition) is 3. The maximum absolute atomic E-state index is 12.5. The molecule has 0 fully saturated rings. The molecule has 0 aliphatic carbocycles. The zero-order valence-electron chi connectivity index (χ0n) is 11.5. The number of nitrogens with one attached hydrogen (secondary N) is 1. The monoisotopic (exact) mass is 308 g/mol. The SMILES string of the molecule is N#Cc1ccccc1NS(=O)(=O)c1ccc2ccccc2c1. The van der Waals surface area contributed by atoms with Crippen molar-refractivity contribution in [3.05, 3.63) is 72.3 Å².